The van der Waals surface area contributed by atoms with Crippen molar-refractivity contribution in [3.63, 3.8) is 0 Å². The molecular formula is C23H31NO3. The van der Waals surface area contributed by atoms with E-state index in [1.54, 1.807) is 0 Å². The van der Waals surface area contributed by atoms with Gasteiger partial charge in [0.25, 0.3) is 0 Å². The zero-order valence-electron chi connectivity index (χ0n) is 16.5. The number of hydrogen-bond acceptors (Lipinski definition) is 3. The second-order valence-corrected chi connectivity index (χ2v) is 6.99. The summed E-state index contributed by atoms with van der Waals surface area (Å²) in [5.41, 5.74) is 4.10. The molecule has 1 aliphatic rings. The zero-order chi connectivity index (χ0) is 19.5. The van der Waals surface area contributed by atoms with Crippen LogP contribution in [0.3, 0.4) is 0 Å². The number of hydrogen-bond donors (Lipinski definition) is 0. The van der Waals surface area contributed by atoms with E-state index in [-0.39, 0.29) is 24.5 Å². The van der Waals surface area contributed by atoms with E-state index in [2.05, 4.69) is 19.6 Å². The Labute approximate surface area is 162 Å². The molecule has 0 aliphatic carbocycles. The van der Waals surface area contributed by atoms with Crippen LogP contribution in [0.25, 0.3) is 0 Å². The SMILES string of the molecule is CCCCCC=C=C[C@H](CCCC)C(=O)N1C(=O)OC[C@H]1c1ccccc1. The lowest BCUT2D eigenvalue weighted by molar-refractivity contribution is -0.132. The van der Waals surface area contributed by atoms with Crippen LogP contribution in [0.2, 0.25) is 0 Å². The topological polar surface area (TPSA) is 46.6 Å². The second-order valence-electron chi connectivity index (χ2n) is 6.99. The zero-order valence-corrected chi connectivity index (χ0v) is 16.5. The molecule has 1 heterocycles. The molecule has 0 spiro atoms. The summed E-state index contributed by atoms with van der Waals surface area (Å²) in [7, 11) is 0. The Bertz CT molecular complexity index is 661. The van der Waals surface area contributed by atoms with Crippen molar-refractivity contribution in [3.8, 4) is 0 Å². The van der Waals surface area contributed by atoms with Crippen molar-refractivity contribution < 1.29 is 14.3 Å². The smallest absolute Gasteiger partial charge is 0.417 e. The number of unbranched alkanes of at least 4 members (excludes halogenated alkanes) is 4. The van der Waals surface area contributed by atoms with E-state index >= 15 is 0 Å². The minimum atomic E-state index is -0.546. The summed E-state index contributed by atoms with van der Waals surface area (Å²) in [4.78, 5) is 26.7. The average Bonchev–Trinajstić information content (AvgIpc) is 3.08. The highest BCUT2D eigenvalue weighted by Gasteiger charge is 2.40. The van der Waals surface area contributed by atoms with Gasteiger partial charge in [0.1, 0.15) is 12.6 Å². The molecule has 27 heavy (non-hydrogen) atoms. The Morgan fingerprint density at radius 1 is 1.22 bits per heavy atom. The van der Waals surface area contributed by atoms with Gasteiger partial charge in [0.15, 0.2) is 0 Å². The minimum Gasteiger partial charge on any atom is -0.446 e. The van der Waals surface area contributed by atoms with Crippen LogP contribution in [0.4, 0.5) is 4.79 Å². The molecular weight excluding hydrogens is 338 g/mol. The van der Waals surface area contributed by atoms with Gasteiger partial charge < -0.3 is 4.74 Å². The Kier molecular flexibility index (Phi) is 8.86. The van der Waals surface area contributed by atoms with Gasteiger partial charge in [0.05, 0.1) is 5.92 Å². The fourth-order valence-electron chi connectivity index (χ4n) is 3.23. The van der Waals surface area contributed by atoms with Crippen LogP contribution in [0.5, 0.6) is 0 Å². The van der Waals surface area contributed by atoms with Gasteiger partial charge in [-0.25, -0.2) is 9.69 Å². The number of amides is 2. The molecule has 2 rings (SSSR count). The van der Waals surface area contributed by atoms with Crippen molar-refractivity contribution in [2.24, 2.45) is 5.92 Å². The Morgan fingerprint density at radius 3 is 2.67 bits per heavy atom. The first-order chi connectivity index (χ1) is 13.2. The van der Waals surface area contributed by atoms with Crippen molar-refractivity contribution in [3.05, 3.63) is 53.8 Å². The monoisotopic (exact) mass is 369 g/mol. The normalized spacial score (nSPS) is 17.2. The highest BCUT2D eigenvalue weighted by molar-refractivity contribution is 5.95. The number of nitrogens with zero attached hydrogens (tertiary/aromatic N) is 1. The summed E-state index contributed by atoms with van der Waals surface area (Å²) in [5.74, 6) is -0.529. The van der Waals surface area contributed by atoms with Gasteiger partial charge in [0, 0.05) is 0 Å². The molecule has 1 aromatic carbocycles. The van der Waals surface area contributed by atoms with Crippen LogP contribution >= 0.6 is 0 Å². The Balaban J connectivity index is 2.14. The molecule has 0 saturated carbocycles. The van der Waals surface area contributed by atoms with E-state index in [0.717, 1.165) is 37.7 Å². The van der Waals surface area contributed by atoms with E-state index in [9.17, 15) is 9.59 Å². The number of ether oxygens (including phenoxy) is 1. The fraction of sp³-hybridized carbons (Fsp3) is 0.522. The molecule has 4 heteroatoms. The molecule has 4 nitrogen and oxygen atoms in total. The van der Waals surface area contributed by atoms with E-state index in [4.69, 9.17) is 4.74 Å². The molecule has 0 aromatic heterocycles. The molecule has 0 N–H and O–H groups in total. The van der Waals surface area contributed by atoms with E-state index in [1.165, 1.54) is 17.7 Å². The van der Waals surface area contributed by atoms with Crippen molar-refractivity contribution in [1.29, 1.82) is 0 Å². The quantitative estimate of drug-likeness (QED) is 0.386. The summed E-state index contributed by atoms with van der Waals surface area (Å²) in [6.07, 6.45) is 10.4. The number of cyclic esters (lactones) is 1. The summed E-state index contributed by atoms with van der Waals surface area (Å²) < 4.78 is 5.20. The van der Waals surface area contributed by atoms with Gasteiger partial charge >= 0.3 is 6.09 Å². The predicted molar refractivity (Wildman–Crippen MR) is 107 cm³/mol. The van der Waals surface area contributed by atoms with Crippen molar-refractivity contribution >= 4 is 12.0 Å². The molecule has 1 aromatic rings. The number of imide groups is 1. The van der Waals surface area contributed by atoms with Crippen LogP contribution < -0.4 is 0 Å². The fourth-order valence-corrected chi connectivity index (χ4v) is 3.23. The largest absolute Gasteiger partial charge is 0.446 e. The lowest BCUT2D eigenvalue weighted by atomic mass is 9.98. The van der Waals surface area contributed by atoms with Crippen molar-refractivity contribution in [2.45, 2.75) is 64.8 Å². The second kappa shape index (κ2) is 11.4. The van der Waals surface area contributed by atoms with Gasteiger partial charge in [-0.3, -0.25) is 4.79 Å². The number of carbonyl (C=O) groups excluding carboxylic acids is 2. The van der Waals surface area contributed by atoms with Crippen molar-refractivity contribution in [1.82, 2.24) is 4.90 Å². The maximum absolute atomic E-state index is 13.2. The van der Waals surface area contributed by atoms with E-state index < -0.39 is 6.09 Å². The molecule has 1 fully saturated rings. The van der Waals surface area contributed by atoms with Crippen LogP contribution in [0.1, 0.15) is 70.4 Å². The third kappa shape index (κ3) is 6.11. The first-order valence-electron chi connectivity index (χ1n) is 10.1. The summed E-state index contributed by atoms with van der Waals surface area (Å²) in [6.45, 7) is 4.49. The first-order valence-corrected chi connectivity index (χ1v) is 10.1. The van der Waals surface area contributed by atoms with E-state index in [0.29, 0.717) is 0 Å². The minimum absolute atomic E-state index is 0.186. The summed E-state index contributed by atoms with van der Waals surface area (Å²) >= 11 is 0. The molecule has 0 radical (unpaired) electrons. The predicted octanol–water partition coefficient (Wildman–Crippen LogP) is 5.80. The van der Waals surface area contributed by atoms with Gasteiger partial charge in [-0.1, -0.05) is 69.9 Å². The average molecular weight is 370 g/mol. The van der Waals surface area contributed by atoms with Crippen LogP contribution in [-0.2, 0) is 9.53 Å². The number of rotatable bonds is 10. The summed E-state index contributed by atoms with van der Waals surface area (Å²) in [6, 6.07) is 9.25. The molecule has 2 atom stereocenters. The molecule has 146 valence electrons. The molecule has 0 unspecified atom stereocenters. The molecule has 2 amide bonds. The van der Waals surface area contributed by atoms with Gasteiger partial charge in [-0.15, -0.1) is 5.73 Å². The van der Waals surface area contributed by atoms with E-state index in [1.807, 2.05) is 42.5 Å². The van der Waals surface area contributed by atoms with Gasteiger partial charge in [0.2, 0.25) is 5.91 Å². The lowest BCUT2D eigenvalue weighted by Crippen LogP contribution is -2.38. The lowest BCUT2D eigenvalue weighted by Gasteiger charge is -2.23. The van der Waals surface area contributed by atoms with Crippen LogP contribution in [0.15, 0.2) is 48.2 Å². The van der Waals surface area contributed by atoms with Crippen molar-refractivity contribution in [2.75, 3.05) is 6.61 Å². The third-order valence-corrected chi connectivity index (χ3v) is 4.85. The van der Waals surface area contributed by atoms with Crippen LogP contribution in [-0.4, -0.2) is 23.5 Å². The summed E-state index contributed by atoms with van der Waals surface area (Å²) in [5, 5.41) is 0. The molecule has 1 aliphatic heterocycles. The third-order valence-electron chi connectivity index (χ3n) is 4.85. The number of carbonyl (C=O) groups is 2. The molecule has 1 saturated heterocycles. The van der Waals surface area contributed by atoms with Gasteiger partial charge in [-0.2, -0.15) is 0 Å². The highest BCUT2D eigenvalue weighted by Crippen LogP contribution is 2.30. The van der Waals surface area contributed by atoms with Crippen LogP contribution in [0, 0.1) is 5.92 Å². The molecule has 0 bridgehead atoms. The Hall–Kier alpha value is -2.32. The standard InChI is InChI=1S/C23H31NO3/c1-3-5-7-8-9-11-17-20(14-6-4-2)22(25)24-21(18-27-23(24)26)19-15-12-10-13-16-19/h9-10,12-13,15-17,20-21H,3-8,14,18H2,1-2H3/t11?,20-,21-/m0/s1. The number of benzene rings is 1. The maximum atomic E-state index is 13.2. The first kappa shape index (κ1) is 21.0. The maximum Gasteiger partial charge on any atom is 0.417 e. The Morgan fingerprint density at radius 2 is 1.96 bits per heavy atom. The highest BCUT2D eigenvalue weighted by atomic mass is 16.6. The van der Waals surface area contributed by atoms with Gasteiger partial charge in [-0.05, 0) is 37.0 Å².